The van der Waals surface area contributed by atoms with Crippen LogP contribution in [0, 0.1) is 5.82 Å². The van der Waals surface area contributed by atoms with Gasteiger partial charge in [-0.3, -0.25) is 9.59 Å². The molecule has 0 saturated carbocycles. The number of hydrogen-bond donors (Lipinski definition) is 2. The predicted molar refractivity (Wildman–Crippen MR) is 122 cm³/mol. The number of carbonyl (C=O) groups is 2. The number of aromatic nitrogens is 3. The lowest BCUT2D eigenvalue weighted by Gasteiger charge is -2.09. The second-order valence-corrected chi connectivity index (χ2v) is 7.78. The molecule has 2 amide bonds. The molecule has 0 saturated heterocycles. The van der Waals surface area contributed by atoms with E-state index in [9.17, 15) is 14.0 Å². The average molecular weight is 454 g/mol. The van der Waals surface area contributed by atoms with Crippen LogP contribution in [0.4, 0.5) is 4.39 Å². The van der Waals surface area contributed by atoms with Gasteiger partial charge < -0.3 is 15.2 Å². The normalized spacial score (nSPS) is 10.5. The number of amides is 2. The molecule has 0 spiro atoms. The Kier molecular flexibility index (Phi) is 8.56. The van der Waals surface area contributed by atoms with Crippen molar-refractivity contribution in [1.82, 2.24) is 25.4 Å². The Labute approximate surface area is 190 Å². The van der Waals surface area contributed by atoms with Crippen LogP contribution < -0.4 is 10.6 Å². The molecule has 0 bridgehead atoms. The van der Waals surface area contributed by atoms with Gasteiger partial charge in [0.15, 0.2) is 5.16 Å². The van der Waals surface area contributed by atoms with Crippen LogP contribution >= 0.6 is 11.8 Å². The van der Waals surface area contributed by atoms with Gasteiger partial charge in [-0.15, -0.1) is 16.8 Å². The summed E-state index contributed by atoms with van der Waals surface area (Å²) in [5.74, 6) is -0.310. The summed E-state index contributed by atoms with van der Waals surface area (Å²) in [5, 5.41) is 14.5. The maximum atomic E-state index is 13.7. The monoisotopic (exact) mass is 453 g/mol. The number of hydrogen-bond acceptors (Lipinski definition) is 5. The molecular formula is C23H24FN5O2S. The van der Waals surface area contributed by atoms with Gasteiger partial charge in [0.1, 0.15) is 11.6 Å². The second kappa shape index (κ2) is 11.8. The van der Waals surface area contributed by atoms with Gasteiger partial charge in [-0.05, 0) is 17.7 Å². The quantitative estimate of drug-likeness (QED) is 0.344. The van der Waals surface area contributed by atoms with Gasteiger partial charge in [0.2, 0.25) is 5.91 Å². The minimum absolute atomic E-state index is 0.00202. The first kappa shape index (κ1) is 23.2. The predicted octanol–water partition coefficient (Wildman–Crippen LogP) is 2.98. The second-order valence-electron chi connectivity index (χ2n) is 6.83. The van der Waals surface area contributed by atoms with Crippen molar-refractivity contribution in [1.29, 1.82) is 0 Å². The topological polar surface area (TPSA) is 88.9 Å². The highest BCUT2D eigenvalue weighted by atomic mass is 32.2. The Morgan fingerprint density at radius 3 is 2.56 bits per heavy atom. The average Bonchev–Trinajstić information content (AvgIpc) is 3.19. The van der Waals surface area contributed by atoms with Gasteiger partial charge >= 0.3 is 0 Å². The standard InChI is InChI=1S/C23H24FN5O2S/c1-2-14-29-20(12-13-25-22(31)18-10-6-7-11-19(18)24)27-28-23(29)32-16-21(30)26-15-17-8-4-3-5-9-17/h2-11H,1,12-16H2,(H,25,31)(H,26,30). The van der Waals surface area contributed by atoms with E-state index >= 15 is 0 Å². The fourth-order valence-corrected chi connectivity index (χ4v) is 3.73. The van der Waals surface area contributed by atoms with E-state index in [4.69, 9.17) is 0 Å². The fourth-order valence-electron chi connectivity index (χ4n) is 2.93. The zero-order chi connectivity index (χ0) is 22.8. The lowest BCUT2D eigenvalue weighted by atomic mass is 10.2. The molecule has 0 atom stereocenters. The van der Waals surface area contributed by atoms with Crippen molar-refractivity contribution in [2.75, 3.05) is 12.3 Å². The molecule has 2 aromatic carbocycles. The molecule has 3 aromatic rings. The first-order valence-corrected chi connectivity index (χ1v) is 11.1. The number of halogens is 1. The number of rotatable bonds is 11. The Balaban J connectivity index is 1.51. The van der Waals surface area contributed by atoms with E-state index in [2.05, 4.69) is 27.4 Å². The minimum atomic E-state index is -0.566. The number of carbonyl (C=O) groups excluding carboxylic acids is 2. The summed E-state index contributed by atoms with van der Waals surface area (Å²) in [6.07, 6.45) is 2.12. The molecule has 3 rings (SSSR count). The van der Waals surface area contributed by atoms with Gasteiger partial charge in [-0.25, -0.2) is 4.39 Å². The van der Waals surface area contributed by atoms with Gasteiger partial charge in [-0.2, -0.15) is 0 Å². The molecule has 32 heavy (non-hydrogen) atoms. The number of benzene rings is 2. The first-order valence-electron chi connectivity index (χ1n) is 10.1. The third-order valence-electron chi connectivity index (χ3n) is 4.52. The van der Waals surface area contributed by atoms with Crippen molar-refractivity contribution in [3.63, 3.8) is 0 Å². The van der Waals surface area contributed by atoms with Crippen LogP contribution in [-0.2, 0) is 24.3 Å². The number of nitrogens with zero attached hydrogens (tertiary/aromatic N) is 3. The zero-order valence-corrected chi connectivity index (χ0v) is 18.3. The summed E-state index contributed by atoms with van der Waals surface area (Å²) >= 11 is 1.28. The van der Waals surface area contributed by atoms with Gasteiger partial charge in [0.05, 0.1) is 11.3 Å². The van der Waals surface area contributed by atoms with Gasteiger partial charge in [0.25, 0.3) is 5.91 Å². The van der Waals surface area contributed by atoms with Crippen molar-refractivity contribution in [2.24, 2.45) is 0 Å². The Morgan fingerprint density at radius 2 is 1.81 bits per heavy atom. The van der Waals surface area contributed by atoms with E-state index < -0.39 is 11.7 Å². The summed E-state index contributed by atoms with van der Waals surface area (Å²) < 4.78 is 15.6. The molecule has 0 aliphatic rings. The van der Waals surface area contributed by atoms with Crippen molar-refractivity contribution in [3.8, 4) is 0 Å². The summed E-state index contributed by atoms with van der Waals surface area (Å²) in [7, 11) is 0. The fraction of sp³-hybridized carbons (Fsp3) is 0.217. The Morgan fingerprint density at radius 1 is 1.06 bits per heavy atom. The van der Waals surface area contributed by atoms with E-state index in [0.29, 0.717) is 30.5 Å². The van der Waals surface area contributed by atoms with Crippen LogP contribution in [0.2, 0.25) is 0 Å². The molecule has 0 aliphatic heterocycles. The largest absolute Gasteiger partial charge is 0.351 e. The van der Waals surface area contributed by atoms with E-state index in [1.165, 1.54) is 30.0 Å². The smallest absolute Gasteiger partial charge is 0.254 e. The SMILES string of the molecule is C=CCn1c(CCNC(=O)c2ccccc2F)nnc1SCC(=O)NCc1ccccc1. The highest BCUT2D eigenvalue weighted by Gasteiger charge is 2.15. The van der Waals surface area contributed by atoms with Crippen molar-refractivity contribution in [2.45, 2.75) is 24.7 Å². The Hall–Kier alpha value is -3.46. The summed E-state index contributed by atoms with van der Waals surface area (Å²) in [4.78, 5) is 24.3. The van der Waals surface area contributed by atoms with E-state index in [-0.39, 0.29) is 23.8 Å². The van der Waals surface area contributed by atoms with Crippen molar-refractivity contribution in [3.05, 3.63) is 90.0 Å². The summed E-state index contributed by atoms with van der Waals surface area (Å²) in [5.41, 5.74) is 1.03. The molecule has 166 valence electrons. The third kappa shape index (κ3) is 6.52. The van der Waals surface area contributed by atoms with E-state index in [1.807, 2.05) is 34.9 Å². The van der Waals surface area contributed by atoms with Crippen LogP contribution in [0.5, 0.6) is 0 Å². The molecule has 7 nitrogen and oxygen atoms in total. The zero-order valence-electron chi connectivity index (χ0n) is 17.5. The van der Waals surface area contributed by atoms with E-state index in [1.54, 1.807) is 12.1 Å². The maximum Gasteiger partial charge on any atom is 0.254 e. The van der Waals surface area contributed by atoms with Gasteiger partial charge in [-0.1, -0.05) is 60.3 Å². The van der Waals surface area contributed by atoms with Crippen LogP contribution in [0.1, 0.15) is 21.7 Å². The Bertz CT molecular complexity index is 1070. The van der Waals surface area contributed by atoms with Crippen LogP contribution in [-0.4, -0.2) is 38.9 Å². The van der Waals surface area contributed by atoms with Crippen molar-refractivity contribution < 1.29 is 14.0 Å². The maximum absolute atomic E-state index is 13.7. The lowest BCUT2D eigenvalue weighted by Crippen LogP contribution is -2.27. The summed E-state index contributed by atoms with van der Waals surface area (Å²) in [6.45, 7) is 4.96. The van der Waals surface area contributed by atoms with Crippen molar-refractivity contribution >= 4 is 23.6 Å². The first-order chi connectivity index (χ1) is 15.6. The number of thioether (sulfide) groups is 1. The molecule has 0 unspecified atom stereocenters. The van der Waals surface area contributed by atoms with Crippen LogP contribution in [0.3, 0.4) is 0 Å². The highest BCUT2D eigenvalue weighted by molar-refractivity contribution is 7.99. The summed E-state index contributed by atoms with van der Waals surface area (Å²) in [6, 6.07) is 15.5. The minimum Gasteiger partial charge on any atom is -0.351 e. The molecule has 0 radical (unpaired) electrons. The lowest BCUT2D eigenvalue weighted by molar-refractivity contribution is -0.118. The third-order valence-corrected chi connectivity index (χ3v) is 5.49. The van der Waals surface area contributed by atoms with E-state index in [0.717, 1.165) is 5.56 Å². The molecule has 2 N–H and O–H groups in total. The van der Waals surface area contributed by atoms with Crippen LogP contribution in [0.25, 0.3) is 0 Å². The van der Waals surface area contributed by atoms with Gasteiger partial charge in [0, 0.05) is 26.1 Å². The molecule has 1 aromatic heterocycles. The molecular weight excluding hydrogens is 429 g/mol. The highest BCUT2D eigenvalue weighted by Crippen LogP contribution is 2.17. The number of allylic oxidation sites excluding steroid dienone is 1. The number of nitrogens with one attached hydrogen (secondary N) is 2. The molecule has 0 fully saturated rings. The molecule has 0 aliphatic carbocycles. The van der Waals surface area contributed by atoms with Crippen LogP contribution in [0.15, 0.2) is 72.4 Å². The molecule has 1 heterocycles. The molecule has 9 heteroatoms.